The van der Waals surface area contributed by atoms with Gasteiger partial charge in [-0.15, -0.1) is 0 Å². The summed E-state index contributed by atoms with van der Waals surface area (Å²) in [6, 6.07) is 6.69. The van der Waals surface area contributed by atoms with E-state index in [-0.39, 0.29) is 16.9 Å². The highest BCUT2D eigenvalue weighted by Gasteiger charge is 2.36. The van der Waals surface area contributed by atoms with Crippen LogP contribution in [0.3, 0.4) is 0 Å². The van der Waals surface area contributed by atoms with Gasteiger partial charge in [-0.3, -0.25) is 4.18 Å². The average molecular weight is 284 g/mol. The van der Waals surface area contributed by atoms with Gasteiger partial charge in [-0.05, 0) is 31.9 Å². The van der Waals surface area contributed by atoms with Crippen LogP contribution in [0.15, 0.2) is 29.2 Å². The molecule has 2 rings (SSSR count). The number of benzene rings is 1. The van der Waals surface area contributed by atoms with Crippen LogP contribution in [-0.2, 0) is 19.0 Å². The van der Waals surface area contributed by atoms with E-state index in [1.807, 2.05) is 6.92 Å². The minimum absolute atomic E-state index is 0.114. The summed E-state index contributed by atoms with van der Waals surface area (Å²) < 4.78 is 34.3. The average Bonchev–Trinajstić information content (AvgIpc) is 2.33. The van der Waals surface area contributed by atoms with E-state index in [2.05, 4.69) is 6.92 Å². The van der Waals surface area contributed by atoms with E-state index in [0.717, 1.165) is 12.0 Å². The van der Waals surface area contributed by atoms with Crippen molar-refractivity contribution in [2.75, 3.05) is 19.8 Å². The molecule has 0 amide bonds. The first-order chi connectivity index (χ1) is 8.97. The Labute approximate surface area is 114 Å². The van der Waals surface area contributed by atoms with Crippen LogP contribution in [0.5, 0.6) is 0 Å². The second-order valence-corrected chi connectivity index (χ2v) is 6.80. The van der Waals surface area contributed by atoms with Gasteiger partial charge in [0.2, 0.25) is 0 Å². The third kappa shape index (κ3) is 3.35. The number of aryl methyl sites for hydroxylation is 1. The molecular formula is C14H20O4S. The maximum absolute atomic E-state index is 12.0. The Kier molecular flexibility index (Phi) is 4.28. The van der Waals surface area contributed by atoms with Gasteiger partial charge in [-0.25, -0.2) is 0 Å². The molecule has 0 aliphatic carbocycles. The zero-order chi connectivity index (χ0) is 13.9. The van der Waals surface area contributed by atoms with Crippen molar-refractivity contribution in [2.45, 2.75) is 31.6 Å². The Morgan fingerprint density at radius 2 is 1.89 bits per heavy atom. The zero-order valence-electron chi connectivity index (χ0n) is 11.4. The second-order valence-electron chi connectivity index (χ2n) is 5.19. The third-order valence-corrected chi connectivity index (χ3v) is 5.07. The van der Waals surface area contributed by atoms with Gasteiger partial charge in [0.15, 0.2) is 0 Å². The smallest absolute Gasteiger partial charge is 0.296 e. The highest BCUT2D eigenvalue weighted by molar-refractivity contribution is 7.86. The van der Waals surface area contributed by atoms with Crippen LogP contribution in [0.1, 0.15) is 25.3 Å². The van der Waals surface area contributed by atoms with Crippen LogP contribution in [0, 0.1) is 12.3 Å². The first-order valence-electron chi connectivity index (χ1n) is 6.51. The lowest BCUT2D eigenvalue weighted by Gasteiger charge is -2.40. The van der Waals surface area contributed by atoms with Crippen molar-refractivity contribution in [3.05, 3.63) is 29.8 Å². The van der Waals surface area contributed by atoms with Gasteiger partial charge in [0.25, 0.3) is 10.1 Å². The molecule has 0 spiro atoms. The first kappa shape index (κ1) is 14.5. The molecule has 0 saturated carbocycles. The fourth-order valence-electron chi connectivity index (χ4n) is 2.06. The molecule has 4 nitrogen and oxygen atoms in total. The van der Waals surface area contributed by atoms with Crippen molar-refractivity contribution in [3.63, 3.8) is 0 Å². The van der Waals surface area contributed by atoms with Gasteiger partial charge < -0.3 is 4.74 Å². The molecule has 1 aromatic carbocycles. The van der Waals surface area contributed by atoms with Gasteiger partial charge in [0.05, 0.1) is 24.7 Å². The third-order valence-electron chi connectivity index (χ3n) is 3.75. The highest BCUT2D eigenvalue weighted by Crippen LogP contribution is 2.35. The maximum Gasteiger partial charge on any atom is 0.296 e. The topological polar surface area (TPSA) is 52.6 Å². The Hall–Kier alpha value is -0.910. The molecule has 0 radical (unpaired) electrons. The van der Waals surface area contributed by atoms with E-state index in [1.165, 1.54) is 0 Å². The molecule has 106 valence electrons. The highest BCUT2D eigenvalue weighted by atomic mass is 32.2. The van der Waals surface area contributed by atoms with Crippen molar-refractivity contribution >= 4 is 10.1 Å². The predicted molar refractivity (Wildman–Crippen MR) is 72.5 cm³/mol. The van der Waals surface area contributed by atoms with Crippen molar-refractivity contribution in [1.29, 1.82) is 0 Å². The lowest BCUT2D eigenvalue weighted by molar-refractivity contribution is -0.123. The van der Waals surface area contributed by atoms with Crippen molar-refractivity contribution < 1.29 is 17.3 Å². The van der Waals surface area contributed by atoms with E-state index in [9.17, 15) is 8.42 Å². The minimum atomic E-state index is -3.63. The molecular weight excluding hydrogens is 264 g/mol. The molecule has 1 saturated heterocycles. The minimum Gasteiger partial charge on any atom is -0.380 e. The number of hydrogen-bond donors (Lipinski definition) is 0. The van der Waals surface area contributed by atoms with Crippen LogP contribution < -0.4 is 0 Å². The second kappa shape index (κ2) is 5.61. The molecule has 0 unspecified atom stereocenters. The normalized spacial score (nSPS) is 18.0. The van der Waals surface area contributed by atoms with Crippen molar-refractivity contribution in [3.8, 4) is 0 Å². The van der Waals surface area contributed by atoms with E-state index < -0.39 is 10.1 Å². The first-order valence-corrected chi connectivity index (χ1v) is 7.92. The largest absolute Gasteiger partial charge is 0.380 e. The van der Waals surface area contributed by atoms with Crippen LogP contribution >= 0.6 is 0 Å². The lowest BCUT2D eigenvalue weighted by atomic mass is 9.80. The molecule has 1 aromatic rings. The Bertz CT molecular complexity index is 509. The summed E-state index contributed by atoms with van der Waals surface area (Å²) in [6.07, 6.45) is 1.70. The Morgan fingerprint density at radius 1 is 1.26 bits per heavy atom. The molecule has 0 atom stereocenters. The number of hydrogen-bond acceptors (Lipinski definition) is 4. The summed E-state index contributed by atoms with van der Waals surface area (Å²) in [5.74, 6) is 0. The van der Waals surface area contributed by atoms with Gasteiger partial charge in [0, 0.05) is 5.41 Å². The molecule has 1 fully saturated rings. The molecule has 19 heavy (non-hydrogen) atoms. The van der Waals surface area contributed by atoms with Crippen molar-refractivity contribution in [1.82, 2.24) is 0 Å². The molecule has 0 N–H and O–H groups in total. The van der Waals surface area contributed by atoms with Crippen LogP contribution in [0.25, 0.3) is 0 Å². The van der Waals surface area contributed by atoms with E-state index >= 15 is 0 Å². The van der Waals surface area contributed by atoms with Crippen LogP contribution in [0.2, 0.25) is 0 Å². The summed E-state index contributed by atoms with van der Waals surface area (Å²) in [7, 11) is -3.63. The summed E-state index contributed by atoms with van der Waals surface area (Å²) in [4.78, 5) is 0.216. The Balaban J connectivity index is 1.93. The van der Waals surface area contributed by atoms with E-state index in [4.69, 9.17) is 8.92 Å². The van der Waals surface area contributed by atoms with Gasteiger partial charge in [-0.1, -0.05) is 24.6 Å². The summed E-state index contributed by atoms with van der Waals surface area (Å²) in [6.45, 7) is 5.64. The monoisotopic (exact) mass is 284 g/mol. The van der Waals surface area contributed by atoms with Crippen LogP contribution in [0.4, 0.5) is 0 Å². The van der Waals surface area contributed by atoms with Gasteiger partial charge in [-0.2, -0.15) is 8.42 Å². The number of rotatable bonds is 6. The molecule has 1 aliphatic heterocycles. The van der Waals surface area contributed by atoms with E-state index in [0.29, 0.717) is 19.6 Å². The Morgan fingerprint density at radius 3 is 2.37 bits per heavy atom. The van der Waals surface area contributed by atoms with Crippen LogP contribution in [-0.4, -0.2) is 28.2 Å². The van der Waals surface area contributed by atoms with Gasteiger partial charge in [0.1, 0.15) is 0 Å². The molecule has 0 aromatic heterocycles. The molecule has 1 heterocycles. The summed E-state index contributed by atoms with van der Waals surface area (Å²) in [5.41, 5.74) is 1.14. The van der Waals surface area contributed by atoms with E-state index in [1.54, 1.807) is 24.3 Å². The molecule has 1 aliphatic rings. The zero-order valence-corrected chi connectivity index (χ0v) is 12.2. The maximum atomic E-state index is 12.0. The molecule has 5 heteroatoms. The molecule has 0 bridgehead atoms. The predicted octanol–water partition coefficient (Wildman–Crippen LogP) is 2.52. The number of ether oxygens (including phenoxy) is 1. The standard InChI is InChI=1S/C14H20O4S/c1-3-14(10-17-11-14)8-9-18-19(15,16)13-6-4-12(2)5-7-13/h4-7H,3,8-11H2,1-2H3. The summed E-state index contributed by atoms with van der Waals surface area (Å²) >= 11 is 0. The lowest BCUT2D eigenvalue weighted by Crippen LogP contribution is -2.42. The fourth-order valence-corrected chi connectivity index (χ4v) is 2.97. The quantitative estimate of drug-likeness (QED) is 0.753. The summed E-state index contributed by atoms with van der Waals surface area (Å²) in [5, 5.41) is 0. The van der Waals surface area contributed by atoms with Crippen molar-refractivity contribution in [2.24, 2.45) is 5.41 Å². The fraction of sp³-hybridized carbons (Fsp3) is 0.571. The van der Waals surface area contributed by atoms with Gasteiger partial charge >= 0.3 is 0 Å². The SMILES string of the molecule is CCC1(CCOS(=O)(=O)c2ccc(C)cc2)COC1.